The van der Waals surface area contributed by atoms with E-state index in [1.165, 1.54) is 22.5 Å². The van der Waals surface area contributed by atoms with Crippen LogP contribution in [0.15, 0.2) is 48.5 Å². The highest BCUT2D eigenvalue weighted by molar-refractivity contribution is 7.11. The van der Waals surface area contributed by atoms with Gasteiger partial charge in [0.25, 0.3) is 5.91 Å². The average molecular weight is 494 g/mol. The molecular weight excluding hydrogens is 466 g/mol. The predicted octanol–water partition coefficient (Wildman–Crippen LogP) is 4.13. The molecule has 0 radical (unpaired) electrons. The van der Waals surface area contributed by atoms with Gasteiger partial charge in [0.15, 0.2) is 0 Å². The SMILES string of the molecule is CC[C@H](NC(=O)c1nc(CCNC(=O)OCC2c3ccccc3-c3ccccc32)sc1C)C(=O)O. The second-order valence-corrected chi connectivity index (χ2v) is 9.58. The molecule has 0 fully saturated rings. The van der Waals surface area contributed by atoms with E-state index in [0.717, 1.165) is 11.1 Å². The highest BCUT2D eigenvalue weighted by atomic mass is 32.1. The molecular formula is C26H27N3O5S. The number of thiazole rings is 1. The summed E-state index contributed by atoms with van der Waals surface area (Å²) in [5, 5.41) is 15.0. The summed E-state index contributed by atoms with van der Waals surface area (Å²) in [6.07, 6.45) is 0.200. The standard InChI is InChI=1S/C26H27N3O5S/c1-3-21(25(31)32)28-24(30)23-15(2)35-22(29-23)12-13-27-26(33)34-14-20-18-10-6-4-8-16(18)17-9-5-7-11-19(17)20/h4-11,20-21H,3,12-14H2,1-2H3,(H,27,33)(H,28,30)(H,31,32)/t21-/m0/s1. The van der Waals surface area contributed by atoms with Gasteiger partial charge in [-0.1, -0.05) is 55.5 Å². The molecule has 1 aromatic heterocycles. The fourth-order valence-electron chi connectivity index (χ4n) is 4.25. The normalized spacial score (nSPS) is 13.0. The fraction of sp³-hybridized carbons (Fsp3) is 0.308. The zero-order chi connectivity index (χ0) is 24.9. The molecule has 1 atom stereocenters. The maximum absolute atomic E-state index is 12.4. The lowest BCUT2D eigenvalue weighted by atomic mass is 9.98. The number of carboxylic acids is 1. The Balaban J connectivity index is 1.29. The largest absolute Gasteiger partial charge is 0.480 e. The van der Waals surface area contributed by atoms with Crippen LogP contribution in [0.25, 0.3) is 11.1 Å². The van der Waals surface area contributed by atoms with Gasteiger partial charge in [0.05, 0.1) is 5.01 Å². The van der Waals surface area contributed by atoms with Crippen LogP contribution in [0, 0.1) is 6.92 Å². The molecule has 9 heteroatoms. The van der Waals surface area contributed by atoms with E-state index < -0.39 is 24.0 Å². The monoisotopic (exact) mass is 493 g/mol. The van der Waals surface area contributed by atoms with Crippen molar-refractivity contribution in [3.05, 3.63) is 75.2 Å². The van der Waals surface area contributed by atoms with E-state index in [1.807, 2.05) is 24.3 Å². The summed E-state index contributed by atoms with van der Waals surface area (Å²) in [6.45, 7) is 3.99. The van der Waals surface area contributed by atoms with E-state index in [4.69, 9.17) is 9.84 Å². The Morgan fingerprint density at radius 1 is 1.09 bits per heavy atom. The average Bonchev–Trinajstić information content (AvgIpc) is 3.38. The summed E-state index contributed by atoms with van der Waals surface area (Å²) in [4.78, 5) is 40.9. The highest BCUT2D eigenvalue weighted by Crippen LogP contribution is 2.44. The van der Waals surface area contributed by atoms with Crippen molar-refractivity contribution in [3.63, 3.8) is 0 Å². The van der Waals surface area contributed by atoms with Crippen molar-refractivity contribution in [2.75, 3.05) is 13.2 Å². The molecule has 0 unspecified atom stereocenters. The summed E-state index contributed by atoms with van der Waals surface area (Å²) >= 11 is 1.34. The molecule has 1 aliphatic carbocycles. The summed E-state index contributed by atoms with van der Waals surface area (Å²) in [6, 6.07) is 15.4. The minimum Gasteiger partial charge on any atom is -0.480 e. The number of hydrogen-bond donors (Lipinski definition) is 3. The maximum atomic E-state index is 12.4. The zero-order valence-corrected chi connectivity index (χ0v) is 20.4. The molecule has 1 aliphatic rings. The van der Waals surface area contributed by atoms with Crippen LogP contribution in [0.2, 0.25) is 0 Å². The Bertz CT molecular complexity index is 1210. The Labute approximate surface area is 207 Å². The number of benzene rings is 2. The quantitative estimate of drug-likeness (QED) is 0.413. The van der Waals surface area contributed by atoms with E-state index in [9.17, 15) is 14.4 Å². The second-order valence-electron chi connectivity index (χ2n) is 8.29. The van der Waals surface area contributed by atoms with Gasteiger partial charge >= 0.3 is 12.1 Å². The van der Waals surface area contributed by atoms with Crippen LogP contribution in [-0.2, 0) is 16.0 Å². The molecule has 35 heavy (non-hydrogen) atoms. The predicted molar refractivity (Wildman–Crippen MR) is 133 cm³/mol. The van der Waals surface area contributed by atoms with Crippen LogP contribution >= 0.6 is 11.3 Å². The highest BCUT2D eigenvalue weighted by Gasteiger charge is 2.29. The minimum atomic E-state index is -1.08. The van der Waals surface area contributed by atoms with Crippen LogP contribution in [0.5, 0.6) is 0 Å². The van der Waals surface area contributed by atoms with Crippen LogP contribution < -0.4 is 10.6 Å². The van der Waals surface area contributed by atoms with Gasteiger partial charge in [-0.15, -0.1) is 11.3 Å². The zero-order valence-electron chi connectivity index (χ0n) is 19.5. The summed E-state index contributed by atoms with van der Waals surface area (Å²) in [5.74, 6) is -1.60. The topological polar surface area (TPSA) is 118 Å². The van der Waals surface area contributed by atoms with Crippen molar-refractivity contribution < 1.29 is 24.2 Å². The number of aryl methyl sites for hydroxylation is 1. The number of carbonyl (C=O) groups is 3. The first kappa shape index (κ1) is 24.4. The molecule has 0 saturated carbocycles. The molecule has 0 spiro atoms. The number of aliphatic carboxylic acids is 1. The van der Waals surface area contributed by atoms with Gasteiger partial charge in [-0.25, -0.2) is 14.6 Å². The lowest BCUT2D eigenvalue weighted by Gasteiger charge is -2.14. The Morgan fingerprint density at radius 2 is 1.71 bits per heavy atom. The van der Waals surface area contributed by atoms with Crippen LogP contribution in [0.4, 0.5) is 4.79 Å². The number of fused-ring (bicyclic) bond motifs is 3. The number of carboxylic acid groups (broad SMARTS) is 1. The van der Waals surface area contributed by atoms with E-state index in [2.05, 4.69) is 39.9 Å². The number of hydrogen-bond acceptors (Lipinski definition) is 6. The van der Waals surface area contributed by atoms with Crippen LogP contribution in [0.1, 0.15) is 50.8 Å². The van der Waals surface area contributed by atoms with Crippen LogP contribution in [0.3, 0.4) is 0 Å². The molecule has 8 nitrogen and oxygen atoms in total. The van der Waals surface area contributed by atoms with Gasteiger partial charge in [0.1, 0.15) is 18.3 Å². The van der Waals surface area contributed by atoms with Gasteiger partial charge in [0.2, 0.25) is 0 Å². The first-order valence-corrected chi connectivity index (χ1v) is 12.3. The number of rotatable bonds is 9. The number of carbonyl (C=O) groups excluding carboxylic acids is 2. The fourth-order valence-corrected chi connectivity index (χ4v) is 5.18. The molecule has 0 bridgehead atoms. The summed E-state index contributed by atoms with van der Waals surface area (Å²) in [7, 11) is 0. The Hall–Kier alpha value is -3.72. The number of nitrogens with one attached hydrogen (secondary N) is 2. The lowest BCUT2D eigenvalue weighted by molar-refractivity contribution is -0.139. The van der Waals surface area contributed by atoms with Crippen molar-refractivity contribution in [2.24, 2.45) is 0 Å². The van der Waals surface area contributed by atoms with Crippen LogP contribution in [-0.4, -0.2) is 47.3 Å². The van der Waals surface area contributed by atoms with Gasteiger partial charge < -0.3 is 20.5 Å². The summed E-state index contributed by atoms with van der Waals surface area (Å²) < 4.78 is 5.54. The Morgan fingerprint density at radius 3 is 2.31 bits per heavy atom. The lowest BCUT2D eigenvalue weighted by Crippen LogP contribution is -2.40. The third-order valence-corrected chi connectivity index (χ3v) is 7.05. The molecule has 3 aromatic rings. The van der Waals surface area contributed by atoms with Crippen molar-refractivity contribution in [2.45, 2.75) is 38.6 Å². The third-order valence-electron chi connectivity index (χ3n) is 6.02. The third kappa shape index (κ3) is 5.35. The smallest absolute Gasteiger partial charge is 0.407 e. The molecule has 1 heterocycles. The molecule has 182 valence electrons. The van der Waals surface area contributed by atoms with E-state index in [0.29, 0.717) is 22.9 Å². The van der Waals surface area contributed by atoms with Crippen molar-refractivity contribution in [1.29, 1.82) is 0 Å². The van der Waals surface area contributed by atoms with E-state index >= 15 is 0 Å². The first-order valence-electron chi connectivity index (χ1n) is 11.5. The number of ether oxygens (including phenoxy) is 1. The molecule has 4 rings (SSSR count). The minimum absolute atomic E-state index is 0.00594. The maximum Gasteiger partial charge on any atom is 0.407 e. The van der Waals surface area contributed by atoms with Gasteiger partial charge in [-0.2, -0.15) is 0 Å². The summed E-state index contributed by atoms with van der Waals surface area (Å²) in [5.41, 5.74) is 4.86. The number of aromatic nitrogens is 1. The van der Waals surface area contributed by atoms with Gasteiger partial charge in [0, 0.05) is 23.8 Å². The molecule has 2 amide bonds. The first-order chi connectivity index (χ1) is 16.9. The van der Waals surface area contributed by atoms with Gasteiger partial charge in [-0.3, -0.25) is 4.79 Å². The van der Waals surface area contributed by atoms with Crippen molar-refractivity contribution >= 4 is 29.3 Å². The van der Waals surface area contributed by atoms with Gasteiger partial charge in [-0.05, 0) is 35.6 Å². The molecule has 2 aromatic carbocycles. The Kier molecular flexibility index (Phi) is 7.45. The molecule has 3 N–H and O–H groups in total. The number of amides is 2. The van der Waals surface area contributed by atoms with Crippen molar-refractivity contribution in [3.8, 4) is 11.1 Å². The van der Waals surface area contributed by atoms with Crippen molar-refractivity contribution in [1.82, 2.24) is 15.6 Å². The molecule has 0 aliphatic heterocycles. The second kappa shape index (κ2) is 10.7. The van der Waals surface area contributed by atoms with E-state index in [1.54, 1.807) is 13.8 Å². The number of alkyl carbamates (subject to hydrolysis) is 1. The number of nitrogens with zero attached hydrogens (tertiary/aromatic N) is 1. The van der Waals surface area contributed by atoms with E-state index in [-0.39, 0.29) is 24.6 Å². The molecule has 0 saturated heterocycles.